The second kappa shape index (κ2) is 7.42. The van der Waals surface area contributed by atoms with Crippen LogP contribution in [0, 0.1) is 12.8 Å². The van der Waals surface area contributed by atoms with Crippen LogP contribution >= 0.6 is 23.1 Å². The van der Waals surface area contributed by atoms with Gasteiger partial charge in [-0.2, -0.15) is 0 Å². The SMILES string of the molecule is Cc1cccn2c(=O)cc(CSc3nnc(-c4cc5c(s4)CC[C@H](C)C5)o3)nc12. The predicted molar refractivity (Wildman–Crippen MR) is 115 cm³/mol. The first-order chi connectivity index (χ1) is 14.1. The van der Waals surface area contributed by atoms with E-state index in [9.17, 15) is 4.79 Å². The summed E-state index contributed by atoms with van der Waals surface area (Å²) in [6.07, 6.45) is 5.25. The summed E-state index contributed by atoms with van der Waals surface area (Å²) in [5.41, 5.74) is 3.69. The summed E-state index contributed by atoms with van der Waals surface area (Å²) in [4.78, 5) is 19.4. The highest BCUT2D eigenvalue weighted by Crippen LogP contribution is 2.37. The predicted octanol–water partition coefficient (Wildman–Crippen LogP) is 4.53. The second-order valence-corrected chi connectivity index (χ2v) is 9.60. The van der Waals surface area contributed by atoms with Crippen LogP contribution < -0.4 is 5.56 Å². The minimum absolute atomic E-state index is 0.0843. The molecular weight excluding hydrogens is 404 g/mol. The van der Waals surface area contributed by atoms with Crippen molar-refractivity contribution in [3.05, 3.63) is 62.5 Å². The van der Waals surface area contributed by atoms with Gasteiger partial charge in [-0.1, -0.05) is 24.8 Å². The maximum absolute atomic E-state index is 12.3. The summed E-state index contributed by atoms with van der Waals surface area (Å²) in [5, 5.41) is 8.89. The molecule has 4 aromatic rings. The molecule has 0 unspecified atom stereocenters. The molecular formula is C21H20N4O2S2. The number of hydrogen-bond acceptors (Lipinski definition) is 7. The minimum Gasteiger partial charge on any atom is -0.410 e. The number of thioether (sulfide) groups is 1. The molecule has 0 aromatic carbocycles. The zero-order valence-corrected chi connectivity index (χ0v) is 17.8. The van der Waals surface area contributed by atoms with E-state index in [4.69, 9.17) is 4.42 Å². The number of fused-ring (bicyclic) bond motifs is 2. The van der Waals surface area contributed by atoms with Crippen LogP contribution in [0.15, 0.2) is 44.9 Å². The average Bonchev–Trinajstić information content (AvgIpc) is 3.33. The molecule has 0 saturated carbocycles. The number of thiophene rings is 1. The van der Waals surface area contributed by atoms with Crippen LogP contribution in [0.4, 0.5) is 0 Å². The van der Waals surface area contributed by atoms with Gasteiger partial charge >= 0.3 is 0 Å². The van der Waals surface area contributed by atoms with Crippen LogP contribution in [0.1, 0.15) is 35.0 Å². The molecule has 1 atom stereocenters. The lowest BCUT2D eigenvalue weighted by atomic mass is 9.90. The molecule has 0 N–H and O–H groups in total. The van der Waals surface area contributed by atoms with Crippen molar-refractivity contribution < 1.29 is 4.42 Å². The third-order valence-corrected chi connectivity index (χ3v) is 7.31. The summed E-state index contributed by atoms with van der Waals surface area (Å²) in [7, 11) is 0. The topological polar surface area (TPSA) is 73.3 Å². The fraction of sp³-hybridized carbons (Fsp3) is 0.333. The van der Waals surface area contributed by atoms with Crippen molar-refractivity contribution in [3.63, 3.8) is 0 Å². The van der Waals surface area contributed by atoms with Gasteiger partial charge in [-0.25, -0.2) is 4.98 Å². The first kappa shape index (κ1) is 18.6. The maximum atomic E-state index is 12.3. The van der Waals surface area contributed by atoms with E-state index in [0.29, 0.717) is 28.2 Å². The number of hydrogen-bond donors (Lipinski definition) is 0. The van der Waals surface area contributed by atoms with Crippen LogP contribution in [0.2, 0.25) is 0 Å². The smallest absolute Gasteiger partial charge is 0.277 e. The molecule has 0 fully saturated rings. The van der Waals surface area contributed by atoms with Crippen molar-refractivity contribution in [2.75, 3.05) is 0 Å². The van der Waals surface area contributed by atoms with Crippen molar-refractivity contribution in [1.82, 2.24) is 19.6 Å². The van der Waals surface area contributed by atoms with Crippen molar-refractivity contribution in [2.24, 2.45) is 5.92 Å². The molecule has 8 heteroatoms. The Kier molecular flexibility index (Phi) is 4.75. The number of nitrogens with zero attached hydrogens (tertiary/aromatic N) is 4. The van der Waals surface area contributed by atoms with Crippen molar-refractivity contribution in [3.8, 4) is 10.8 Å². The summed E-state index contributed by atoms with van der Waals surface area (Å²) >= 11 is 3.16. The molecule has 0 amide bonds. The van der Waals surface area contributed by atoms with Gasteiger partial charge in [0, 0.05) is 22.9 Å². The van der Waals surface area contributed by atoms with Gasteiger partial charge in [-0.3, -0.25) is 9.20 Å². The molecule has 0 bridgehead atoms. The van der Waals surface area contributed by atoms with Crippen LogP contribution in [-0.2, 0) is 18.6 Å². The van der Waals surface area contributed by atoms with Crippen molar-refractivity contribution >= 4 is 28.7 Å². The third-order valence-electron chi connectivity index (χ3n) is 5.23. The lowest BCUT2D eigenvalue weighted by Gasteiger charge is -2.16. The Balaban J connectivity index is 1.34. The molecule has 4 heterocycles. The fourth-order valence-electron chi connectivity index (χ4n) is 3.70. The van der Waals surface area contributed by atoms with E-state index >= 15 is 0 Å². The van der Waals surface area contributed by atoms with E-state index in [-0.39, 0.29) is 5.56 Å². The van der Waals surface area contributed by atoms with Crippen molar-refractivity contribution in [1.29, 1.82) is 0 Å². The normalized spacial score (nSPS) is 16.3. The van der Waals surface area contributed by atoms with Gasteiger partial charge < -0.3 is 4.42 Å². The number of aromatic nitrogens is 4. The molecule has 148 valence electrons. The highest BCUT2D eigenvalue weighted by molar-refractivity contribution is 7.98. The number of rotatable bonds is 4. The second-order valence-electron chi connectivity index (χ2n) is 7.54. The van der Waals surface area contributed by atoms with E-state index in [1.54, 1.807) is 28.0 Å². The van der Waals surface area contributed by atoms with Crippen LogP contribution in [0.5, 0.6) is 0 Å². The Labute approximate surface area is 176 Å². The van der Waals surface area contributed by atoms with Gasteiger partial charge in [-0.05, 0) is 55.4 Å². The monoisotopic (exact) mass is 424 g/mol. The average molecular weight is 425 g/mol. The van der Waals surface area contributed by atoms with E-state index in [2.05, 4.69) is 28.2 Å². The molecule has 1 aliphatic rings. The summed E-state index contributed by atoms with van der Waals surface area (Å²) < 4.78 is 7.44. The summed E-state index contributed by atoms with van der Waals surface area (Å²) in [6.45, 7) is 4.25. The largest absolute Gasteiger partial charge is 0.410 e. The zero-order valence-electron chi connectivity index (χ0n) is 16.2. The van der Waals surface area contributed by atoms with Gasteiger partial charge in [-0.15, -0.1) is 21.5 Å². The maximum Gasteiger partial charge on any atom is 0.277 e. The van der Waals surface area contributed by atoms with Gasteiger partial charge in [0.2, 0.25) is 0 Å². The quantitative estimate of drug-likeness (QED) is 0.448. The summed E-state index contributed by atoms with van der Waals surface area (Å²) in [5.74, 6) is 1.81. The lowest BCUT2D eigenvalue weighted by molar-refractivity contribution is 0.466. The Morgan fingerprint density at radius 3 is 3.14 bits per heavy atom. The van der Waals surface area contributed by atoms with E-state index in [1.807, 2.05) is 19.1 Å². The molecule has 1 aliphatic carbocycles. The van der Waals surface area contributed by atoms with Gasteiger partial charge in [0.1, 0.15) is 5.65 Å². The van der Waals surface area contributed by atoms with Crippen LogP contribution in [0.3, 0.4) is 0 Å². The first-order valence-electron chi connectivity index (χ1n) is 9.63. The van der Waals surface area contributed by atoms with Gasteiger partial charge in [0.15, 0.2) is 0 Å². The highest BCUT2D eigenvalue weighted by Gasteiger charge is 2.21. The molecule has 0 spiro atoms. The number of pyridine rings is 1. The molecule has 0 aliphatic heterocycles. The molecule has 6 nitrogen and oxygen atoms in total. The van der Waals surface area contributed by atoms with E-state index in [0.717, 1.165) is 29.2 Å². The standard InChI is InChI=1S/C21H20N4O2S2/c1-12-5-6-16-14(8-12)9-17(29-16)20-23-24-21(27-20)28-11-15-10-18(26)25-7-3-4-13(2)19(25)22-15/h3-4,7,9-10,12H,5-6,8,11H2,1-2H3/t12-/m0/s1. The Morgan fingerprint density at radius 1 is 1.34 bits per heavy atom. The first-order valence-corrected chi connectivity index (χ1v) is 11.4. The van der Waals surface area contributed by atoms with Crippen LogP contribution in [-0.4, -0.2) is 19.6 Å². The highest BCUT2D eigenvalue weighted by atomic mass is 32.2. The molecule has 0 radical (unpaired) electrons. The van der Waals surface area contributed by atoms with E-state index in [1.165, 1.54) is 28.6 Å². The Hall–Kier alpha value is -2.45. The fourth-order valence-corrected chi connectivity index (χ4v) is 5.48. The number of aryl methyl sites for hydroxylation is 2. The molecule has 29 heavy (non-hydrogen) atoms. The zero-order chi connectivity index (χ0) is 20.0. The van der Waals surface area contributed by atoms with Crippen molar-refractivity contribution in [2.45, 2.75) is 44.1 Å². The molecule has 0 saturated heterocycles. The molecule has 4 aromatic heterocycles. The van der Waals surface area contributed by atoms with Crippen LogP contribution in [0.25, 0.3) is 16.4 Å². The minimum atomic E-state index is -0.0843. The molecule has 5 rings (SSSR count). The van der Waals surface area contributed by atoms with E-state index < -0.39 is 0 Å². The van der Waals surface area contributed by atoms with Gasteiger partial charge in [0.05, 0.1) is 10.6 Å². The lowest BCUT2D eigenvalue weighted by Crippen LogP contribution is -2.15. The Bertz CT molecular complexity index is 1260. The Morgan fingerprint density at radius 2 is 2.24 bits per heavy atom. The van der Waals surface area contributed by atoms with Gasteiger partial charge in [0.25, 0.3) is 16.7 Å². The third kappa shape index (κ3) is 3.62. The summed E-state index contributed by atoms with van der Waals surface area (Å²) in [6, 6.07) is 7.56.